The second kappa shape index (κ2) is 8.41. The van der Waals surface area contributed by atoms with E-state index in [9.17, 15) is 23.9 Å². The van der Waals surface area contributed by atoms with Gasteiger partial charge in [-0.15, -0.1) is 0 Å². The zero-order valence-electron chi connectivity index (χ0n) is 14.6. The number of nitrogens with zero attached hydrogens (tertiary/aromatic N) is 1. The van der Waals surface area contributed by atoms with Crippen molar-refractivity contribution in [1.29, 1.82) is 0 Å². The second-order valence-corrected chi connectivity index (χ2v) is 7.58. The largest absolute Gasteiger partial charge is 0.507 e. The van der Waals surface area contributed by atoms with E-state index < -0.39 is 29.4 Å². The van der Waals surface area contributed by atoms with Gasteiger partial charge in [0.2, 0.25) is 5.91 Å². The molecule has 3 N–H and O–H groups in total. The summed E-state index contributed by atoms with van der Waals surface area (Å²) in [6.07, 6.45) is 1.55. The molecule has 10 heteroatoms. The summed E-state index contributed by atoms with van der Waals surface area (Å²) in [4.78, 5) is 37.1. The first kappa shape index (κ1) is 20.5. The van der Waals surface area contributed by atoms with Crippen molar-refractivity contribution in [2.24, 2.45) is 0 Å². The smallest absolute Gasteiger partial charge is 0.339 e. The molecule has 1 heterocycles. The van der Waals surface area contributed by atoms with E-state index in [0.717, 1.165) is 28.8 Å². The molecule has 3 rings (SSSR count). The minimum absolute atomic E-state index is 0.171. The summed E-state index contributed by atoms with van der Waals surface area (Å²) in [5, 5.41) is 21.1. The molecule has 2 aromatic rings. The Morgan fingerprint density at radius 3 is 2.52 bits per heavy atom. The van der Waals surface area contributed by atoms with Gasteiger partial charge in [-0.05, 0) is 35.9 Å². The molecule has 2 amide bonds. The lowest BCUT2D eigenvalue weighted by molar-refractivity contribution is -0.126. The van der Waals surface area contributed by atoms with Gasteiger partial charge in [0, 0.05) is 11.8 Å². The van der Waals surface area contributed by atoms with Gasteiger partial charge in [0.25, 0.3) is 5.91 Å². The van der Waals surface area contributed by atoms with Crippen LogP contribution in [0.3, 0.4) is 0 Å². The van der Waals surface area contributed by atoms with Crippen LogP contribution >= 0.6 is 24.0 Å². The van der Waals surface area contributed by atoms with E-state index >= 15 is 0 Å². The minimum atomic E-state index is -1.30. The lowest BCUT2D eigenvalue weighted by Gasteiger charge is -2.14. The van der Waals surface area contributed by atoms with Crippen LogP contribution in [0.25, 0.3) is 6.08 Å². The van der Waals surface area contributed by atoms with Gasteiger partial charge >= 0.3 is 5.97 Å². The number of aromatic carboxylic acids is 1. The number of carbonyl (C=O) groups excluding carboxylic acids is 2. The Kier molecular flexibility index (Phi) is 5.95. The number of benzene rings is 2. The number of anilines is 1. The van der Waals surface area contributed by atoms with Crippen molar-refractivity contribution in [3.8, 4) is 5.75 Å². The molecule has 1 fully saturated rings. The molecule has 0 atom stereocenters. The van der Waals surface area contributed by atoms with Crippen molar-refractivity contribution < 1.29 is 29.0 Å². The number of aromatic hydroxyl groups is 1. The number of nitrogens with one attached hydrogen (secondary N) is 1. The van der Waals surface area contributed by atoms with Crippen LogP contribution in [-0.2, 0) is 9.59 Å². The van der Waals surface area contributed by atoms with Crippen molar-refractivity contribution in [3.05, 3.63) is 64.3 Å². The fourth-order valence-electron chi connectivity index (χ4n) is 2.48. The number of carboxylic acids is 1. The van der Waals surface area contributed by atoms with Crippen LogP contribution in [0.4, 0.5) is 10.1 Å². The molecule has 7 nitrogen and oxygen atoms in total. The van der Waals surface area contributed by atoms with Gasteiger partial charge in [-0.2, -0.15) is 0 Å². The number of hydrogen-bond donors (Lipinski definition) is 3. The summed E-state index contributed by atoms with van der Waals surface area (Å²) in [5.41, 5.74) is 0.487. The molecular weight excluding hydrogens is 419 g/mol. The monoisotopic (exact) mass is 432 g/mol. The second-order valence-electron chi connectivity index (χ2n) is 5.90. The highest BCUT2D eigenvalue weighted by Crippen LogP contribution is 2.32. The zero-order chi connectivity index (χ0) is 21.1. The summed E-state index contributed by atoms with van der Waals surface area (Å²) >= 11 is 6.19. The van der Waals surface area contributed by atoms with E-state index in [1.165, 1.54) is 30.3 Å². The molecule has 0 spiro atoms. The Labute approximate surface area is 173 Å². The zero-order valence-corrected chi connectivity index (χ0v) is 16.2. The summed E-state index contributed by atoms with van der Waals surface area (Å²) in [7, 11) is 0. The van der Waals surface area contributed by atoms with E-state index in [2.05, 4.69) is 5.32 Å². The Morgan fingerprint density at radius 1 is 1.21 bits per heavy atom. The lowest BCUT2D eigenvalue weighted by atomic mass is 10.2. The molecule has 148 valence electrons. The molecule has 2 aromatic carbocycles. The molecule has 0 radical (unpaired) electrons. The fourth-order valence-corrected chi connectivity index (χ4v) is 3.74. The van der Waals surface area contributed by atoms with E-state index in [-0.39, 0.29) is 22.1 Å². The predicted octanol–water partition coefficient (Wildman–Crippen LogP) is 3.07. The molecule has 1 aliphatic rings. The van der Waals surface area contributed by atoms with Crippen molar-refractivity contribution in [2.75, 3.05) is 11.9 Å². The van der Waals surface area contributed by atoms with Crippen LogP contribution in [0.1, 0.15) is 15.9 Å². The highest BCUT2D eigenvalue weighted by atomic mass is 32.2. The van der Waals surface area contributed by atoms with Crippen molar-refractivity contribution in [3.63, 3.8) is 0 Å². The maximum absolute atomic E-state index is 13.0. The van der Waals surface area contributed by atoms with Gasteiger partial charge in [-0.1, -0.05) is 36.1 Å². The van der Waals surface area contributed by atoms with Crippen molar-refractivity contribution in [2.45, 2.75) is 0 Å². The summed E-state index contributed by atoms with van der Waals surface area (Å²) < 4.78 is 13.2. The van der Waals surface area contributed by atoms with Gasteiger partial charge in [0.1, 0.15) is 28.0 Å². The molecule has 29 heavy (non-hydrogen) atoms. The number of halogens is 1. The third-order valence-electron chi connectivity index (χ3n) is 3.85. The maximum Gasteiger partial charge on any atom is 0.339 e. The molecule has 0 aliphatic carbocycles. The minimum Gasteiger partial charge on any atom is -0.507 e. The first-order valence-corrected chi connectivity index (χ1v) is 9.34. The Morgan fingerprint density at radius 2 is 1.90 bits per heavy atom. The van der Waals surface area contributed by atoms with Crippen LogP contribution in [0.5, 0.6) is 5.75 Å². The van der Waals surface area contributed by atoms with Crippen LogP contribution in [0, 0.1) is 5.82 Å². The molecule has 0 aromatic heterocycles. The predicted molar refractivity (Wildman–Crippen MR) is 110 cm³/mol. The molecule has 1 aliphatic heterocycles. The van der Waals surface area contributed by atoms with Crippen molar-refractivity contribution in [1.82, 2.24) is 4.90 Å². The highest BCUT2D eigenvalue weighted by molar-refractivity contribution is 8.26. The van der Waals surface area contributed by atoms with Crippen LogP contribution in [0.15, 0.2) is 47.4 Å². The highest BCUT2D eigenvalue weighted by Gasteiger charge is 2.33. The molecular formula is C19H13FN2O5S2. The van der Waals surface area contributed by atoms with Crippen molar-refractivity contribution >= 4 is 57.8 Å². The number of carbonyl (C=O) groups is 3. The summed E-state index contributed by atoms with van der Waals surface area (Å²) in [6.45, 7) is -0.354. The van der Waals surface area contributed by atoms with Gasteiger partial charge in [0.15, 0.2) is 0 Å². The average molecular weight is 432 g/mol. The molecule has 1 saturated heterocycles. The molecule has 0 unspecified atom stereocenters. The van der Waals surface area contributed by atoms with Gasteiger partial charge < -0.3 is 15.5 Å². The Bertz CT molecular complexity index is 1050. The SMILES string of the molecule is O=C(CN1C(=O)/C(=C\c2ccc(F)cc2)SC1=S)Nc1ccc(C(=O)O)c(O)c1. The summed E-state index contributed by atoms with van der Waals surface area (Å²) in [5.74, 6) is -3.22. The van der Waals surface area contributed by atoms with Crippen LogP contribution in [-0.4, -0.2) is 43.8 Å². The Balaban J connectivity index is 1.68. The number of hydrogen-bond acceptors (Lipinski definition) is 6. The number of rotatable bonds is 5. The fraction of sp³-hybridized carbons (Fsp3) is 0.0526. The standard InChI is InChI=1S/C19H13FN2O5S2/c20-11-3-1-10(2-4-11)7-15-17(25)22(19(28)29-15)9-16(24)21-12-5-6-13(18(26)27)14(23)8-12/h1-8,23H,9H2,(H,21,24)(H,26,27)/b15-7+. The number of phenols is 1. The quantitative estimate of drug-likeness (QED) is 0.492. The van der Waals surface area contributed by atoms with E-state index in [1.807, 2.05) is 0 Å². The first-order chi connectivity index (χ1) is 13.7. The summed E-state index contributed by atoms with van der Waals surface area (Å²) in [6, 6.07) is 9.14. The molecule has 0 bridgehead atoms. The van der Waals surface area contributed by atoms with Gasteiger partial charge in [-0.3, -0.25) is 14.5 Å². The van der Waals surface area contributed by atoms with Gasteiger partial charge in [0.05, 0.1) is 4.91 Å². The number of carboxylic acid groups (broad SMARTS) is 1. The van der Waals surface area contributed by atoms with Gasteiger partial charge in [-0.25, -0.2) is 9.18 Å². The number of thiocarbonyl (C=S) groups is 1. The average Bonchev–Trinajstić information content (AvgIpc) is 2.90. The lowest BCUT2D eigenvalue weighted by Crippen LogP contribution is -2.36. The maximum atomic E-state index is 13.0. The third kappa shape index (κ3) is 4.79. The van der Waals surface area contributed by atoms with E-state index in [1.54, 1.807) is 6.08 Å². The topological polar surface area (TPSA) is 107 Å². The van der Waals surface area contributed by atoms with Crippen LogP contribution < -0.4 is 5.32 Å². The van der Waals surface area contributed by atoms with E-state index in [4.69, 9.17) is 17.3 Å². The van der Waals surface area contributed by atoms with E-state index in [0.29, 0.717) is 10.5 Å². The third-order valence-corrected chi connectivity index (χ3v) is 5.23. The molecule has 0 saturated carbocycles. The number of amides is 2. The normalized spacial score (nSPS) is 15.1. The number of thioether (sulfide) groups is 1. The Hall–Kier alpha value is -3.24. The van der Waals surface area contributed by atoms with Crippen LogP contribution in [0.2, 0.25) is 0 Å². The first-order valence-electron chi connectivity index (χ1n) is 8.11.